The Balaban J connectivity index is 1.62. The van der Waals surface area contributed by atoms with E-state index in [1.807, 2.05) is 11.0 Å². The summed E-state index contributed by atoms with van der Waals surface area (Å²) in [5, 5.41) is 2.06. The van der Waals surface area contributed by atoms with E-state index in [1.54, 1.807) is 11.3 Å². The summed E-state index contributed by atoms with van der Waals surface area (Å²) < 4.78 is 0. The van der Waals surface area contributed by atoms with Crippen LogP contribution in [0.3, 0.4) is 0 Å². The summed E-state index contributed by atoms with van der Waals surface area (Å²) in [6.07, 6.45) is 5.69. The van der Waals surface area contributed by atoms with Crippen LogP contribution in [0, 0.1) is 5.92 Å². The van der Waals surface area contributed by atoms with Crippen molar-refractivity contribution in [3.63, 3.8) is 0 Å². The van der Waals surface area contributed by atoms with Crippen LogP contribution in [0.2, 0.25) is 0 Å². The van der Waals surface area contributed by atoms with Gasteiger partial charge in [0.15, 0.2) is 0 Å². The molecular formula is C14H20N2OS. The summed E-state index contributed by atoms with van der Waals surface area (Å²) in [4.78, 5) is 15.7. The van der Waals surface area contributed by atoms with Crippen molar-refractivity contribution >= 4 is 17.2 Å². The smallest absolute Gasteiger partial charge is 0.240 e. The molecule has 0 aliphatic heterocycles. The molecule has 1 aromatic heterocycles. The lowest BCUT2D eigenvalue weighted by atomic mass is 10.1. The van der Waals surface area contributed by atoms with E-state index in [4.69, 9.17) is 5.73 Å². The van der Waals surface area contributed by atoms with Crippen LogP contribution in [-0.2, 0) is 11.3 Å². The van der Waals surface area contributed by atoms with Crippen LogP contribution in [0.4, 0.5) is 0 Å². The van der Waals surface area contributed by atoms with E-state index in [1.165, 1.54) is 17.7 Å². The van der Waals surface area contributed by atoms with Gasteiger partial charge in [-0.25, -0.2) is 0 Å². The van der Waals surface area contributed by atoms with E-state index in [-0.39, 0.29) is 11.9 Å². The van der Waals surface area contributed by atoms with Crippen molar-refractivity contribution in [3.05, 3.63) is 22.4 Å². The first-order valence-electron chi connectivity index (χ1n) is 6.82. The van der Waals surface area contributed by atoms with E-state index in [9.17, 15) is 4.79 Å². The van der Waals surface area contributed by atoms with Crippen LogP contribution in [0.25, 0.3) is 0 Å². The number of carbonyl (C=O) groups is 1. The number of rotatable bonds is 6. The Bertz CT molecular complexity index is 409. The lowest BCUT2D eigenvalue weighted by molar-refractivity contribution is -0.134. The molecule has 1 heterocycles. The highest BCUT2D eigenvalue weighted by molar-refractivity contribution is 7.09. The van der Waals surface area contributed by atoms with E-state index in [2.05, 4.69) is 11.4 Å². The van der Waals surface area contributed by atoms with E-state index in [0.717, 1.165) is 25.8 Å². The highest BCUT2D eigenvalue weighted by Gasteiger charge is 2.36. The van der Waals surface area contributed by atoms with Gasteiger partial charge in [-0.15, -0.1) is 11.3 Å². The van der Waals surface area contributed by atoms with Crippen molar-refractivity contribution in [1.82, 2.24) is 4.90 Å². The molecule has 3 rings (SSSR count). The van der Waals surface area contributed by atoms with E-state index in [0.29, 0.717) is 12.0 Å². The zero-order valence-corrected chi connectivity index (χ0v) is 11.4. The zero-order chi connectivity index (χ0) is 12.5. The Hall–Kier alpha value is -0.870. The molecule has 2 fully saturated rings. The fourth-order valence-electron chi connectivity index (χ4n) is 2.37. The van der Waals surface area contributed by atoms with E-state index >= 15 is 0 Å². The predicted octanol–water partition coefficient (Wildman–Crippen LogP) is 2.37. The Morgan fingerprint density at radius 3 is 2.78 bits per heavy atom. The highest BCUT2D eigenvalue weighted by atomic mass is 32.1. The first-order chi connectivity index (χ1) is 8.74. The minimum atomic E-state index is -0.280. The lowest BCUT2D eigenvalue weighted by Gasteiger charge is -2.25. The molecule has 0 spiro atoms. The molecule has 0 radical (unpaired) electrons. The number of thiophene rings is 1. The maximum Gasteiger partial charge on any atom is 0.240 e. The number of amides is 1. The fourth-order valence-corrected chi connectivity index (χ4v) is 3.07. The summed E-state index contributed by atoms with van der Waals surface area (Å²) in [6.45, 7) is 0.750. The second-order valence-electron chi connectivity index (χ2n) is 5.56. The minimum absolute atomic E-state index is 0.165. The minimum Gasteiger partial charge on any atom is -0.333 e. The maximum absolute atomic E-state index is 12.4. The largest absolute Gasteiger partial charge is 0.333 e. The molecule has 2 saturated carbocycles. The van der Waals surface area contributed by atoms with Crippen molar-refractivity contribution in [2.45, 2.75) is 50.7 Å². The van der Waals surface area contributed by atoms with Gasteiger partial charge < -0.3 is 10.6 Å². The normalized spacial score (nSPS) is 20.7. The predicted molar refractivity (Wildman–Crippen MR) is 73.2 cm³/mol. The second kappa shape index (κ2) is 5.02. The van der Waals surface area contributed by atoms with Gasteiger partial charge in [-0.05, 0) is 36.6 Å². The van der Waals surface area contributed by atoms with Crippen LogP contribution in [0.1, 0.15) is 37.0 Å². The molecule has 1 amide bonds. The van der Waals surface area contributed by atoms with Crippen LogP contribution in [0.15, 0.2) is 17.5 Å². The molecule has 18 heavy (non-hydrogen) atoms. The number of nitrogens with zero attached hydrogens (tertiary/aromatic N) is 1. The Labute approximate surface area is 112 Å². The highest BCUT2D eigenvalue weighted by Crippen LogP contribution is 2.35. The molecule has 1 unspecified atom stereocenters. The molecule has 4 heteroatoms. The van der Waals surface area contributed by atoms with Crippen LogP contribution < -0.4 is 5.73 Å². The number of hydrogen-bond donors (Lipinski definition) is 1. The summed E-state index contributed by atoms with van der Waals surface area (Å²) >= 11 is 1.72. The molecule has 2 aliphatic rings. The standard InChI is InChI=1S/C14H20N2OS/c15-13(8-10-3-4-10)14(17)16(11-5-6-11)9-12-2-1-7-18-12/h1-2,7,10-11,13H,3-6,8-9,15H2. The van der Waals surface area contributed by atoms with Gasteiger partial charge in [-0.3, -0.25) is 4.79 Å². The molecule has 98 valence electrons. The summed E-state index contributed by atoms with van der Waals surface area (Å²) in [5.74, 6) is 0.879. The monoisotopic (exact) mass is 264 g/mol. The third-order valence-electron chi connectivity index (χ3n) is 3.78. The van der Waals surface area contributed by atoms with Gasteiger partial charge in [0.05, 0.1) is 12.6 Å². The molecule has 1 aromatic rings. The third-order valence-corrected chi connectivity index (χ3v) is 4.64. The molecule has 0 saturated heterocycles. The van der Waals surface area contributed by atoms with Gasteiger partial charge in [0.1, 0.15) is 0 Å². The summed E-state index contributed by atoms with van der Waals surface area (Å²) in [5.41, 5.74) is 6.07. The molecule has 0 aromatic carbocycles. The molecular weight excluding hydrogens is 244 g/mol. The van der Waals surface area contributed by atoms with Crippen LogP contribution in [0.5, 0.6) is 0 Å². The quantitative estimate of drug-likeness (QED) is 0.857. The van der Waals surface area contributed by atoms with E-state index < -0.39 is 0 Å². The van der Waals surface area contributed by atoms with Gasteiger partial charge >= 0.3 is 0 Å². The van der Waals surface area contributed by atoms with Gasteiger partial charge in [0.25, 0.3) is 0 Å². The number of nitrogens with two attached hydrogens (primary N) is 1. The molecule has 3 nitrogen and oxygen atoms in total. The molecule has 0 bridgehead atoms. The zero-order valence-electron chi connectivity index (χ0n) is 10.5. The lowest BCUT2D eigenvalue weighted by Crippen LogP contribution is -2.44. The van der Waals surface area contributed by atoms with Crippen molar-refractivity contribution in [2.75, 3.05) is 0 Å². The first-order valence-corrected chi connectivity index (χ1v) is 7.70. The number of carbonyl (C=O) groups excluding carboxylic acids is 1. The van der Waals surface area contributed by atoms with Gasteiger partial charge in [-0.2, -0.15) is 0 Å². The van der Waals surface area contributed by atoms with Crippen molar-refractivity contribution in [1.29, 1.82) is 0 Å². The summed E-state index contributed by atoms with van der Waals surface area (Å²) in [7, 11) is 0. The van der Waals surface area contributed by atoms with Crippen molar-refractivity contribution in [2.24, 2.45) is 11.7 Å². The second-order valence-corrected chi connectivity index (χ2v) is 6.59. The van der Waals surface area contributed by atoms with Gasteiger partial charge in [0.2, 0.25) is 5.91 Å². The number of hydrogen-bond acceptors (Lipinski definition) is 3. The molecule has 2 N–H and O–H groups in total. The topological polar surface area (TPSA) is 46.3 Å². The van der Waals surface area contributed by atoms with Crippen LogP contribution in [-0.4, -0.2) is 22.9 Å². The maximum atomic E-state index is 12.4. The average molecular weight is 264 g/mol. The summed E-state index contributed by atoms with van der Waals surface area (Å²) in [6, 6.07) is 4.31. The Morgan fingerprint density at radius 1 is 1.44 bits per heavy atom. The third kappa shape index (κ3) is 2.93. The molecule has 1 atom stereocenters. The Morgan fingerprint density at radius 2 is 2.22 bits per heavy atom. The van der Waals surface area contributed by atoms with Crippen molar-refractivity contribution in [3.8, 4) is 0 Å². The average Bonchev–Trinajstić information content (AvgIpc) is 3.28. The van der Waals surface area contributed by atoms with Gasteiger partial charge in [0, 0.05) is 10.9 Å². The first kappa shape index (κ1) is 12.2. The van der Waals surface area contributed by atoms with Crippen molar-refractivity contribution < 1.29 is 4.79 Å². The Kier molecular flexibility index (Phi) is 3.39. The van der Waals surface area contributed by atoms with Gasteiger partial charge in [-0.1, -0.05) is 18.9 Å². The SMILES string of the molecule is NC(CC1CC1)C(=O)N(Cc1cccs1)C1CC1. The van der Waals surface area contributed by atoms with Crippen LogP contribution >= 0.6 is 11.3 Å². The fraction of sp³-hybridized carbons (Fsp3) is 0.643. The molecule has 2 aliphatic carbocycles.